The van der Waals surface area contributed by atoms with Crippen molar-refractivity contribution in [3.8, 4) is 0 Å². The molecule has 1 amide bonds. The molecule has 0 radical (unpaired) electrons. The Morgan fingerprint density at radius 1 is 1.05 bits per heavy atom. The molecule has 0 aromatic rings. The molecule has 0 aromatic heterocycles. The van der Waals surface area contributed by atoms with Crippen LogP contribution in [-0.4, -0.2) is 86.4 Å². The highest BCUT2D eigenvalue weighted by Gasteiger charge is 2.34. The number of amides is 1. The first kappa shape index (κ1) is 15.6. The topological polar surface area (TPSA) is 96.2 Å². The van der Waals surface area contributed by atoms with Gasteiger partial charge in [-0.15, -0.1) is 0 Å². The van der Waals surface area contributed by atoms with Gasteiger partial charge in [-0.2, -0.15) is 17.0 Å². The van der Waals surface area contributed by atoms with E-state index in [-0.39, 0.29) is 5.91 Å². The first-order valence-electron chi connectivity index (χ1n) is 6.80. The minimum Gasteiger partial charge on any atom is -0.379 e. The Labute approximate surface area is 119 Å². The number of nitrogens with two attached hydrogens (primary N) is 1. The summed E-state index contributed by atoms with van der Waals surface area (Å²) >= 11 is 0. The normalized spacial score (nSPS) is 24.6. The average Bonchev–Trinajstić information content (AvgIpc) is 2.47. The van der Waals surface area contributed by atoms with Crippen molar-refractivity contribution in [1.29, 1.82) is 0 Å². The number of nitrogens with zero attached hydrogens (tertiary/aromatic N) is 3. The van der Waals surface area contributed by atoms with Crippen LogP contribution in [0.15, 0.2) is 0 Å². The Morgan fingerprint density at radius 2 is 1.55 bits per heavy atom. The van der Waals surface area contributed by atoms with Crippen LogP contribution in [-0.2, 0) is 19.7 Å². The Hall–Kier alpha value is -0.740. The molecular formula is C11H22N4O4S. The van der Waals surface area contributed by atoms with Crippen LogP contribution < -0.4 is 5.73 Å². The number of morpholine rings is 1. The van der Waals surface area contributed by atoms with Gasteiger partial charge in [-0.3, -0.25) is 4.79 Å². The van der Waals surface area contributed by atoms with E-state index in [0.29, 0.717) is 52.5 Å². The zero-order valence-electron chi connectivity index (χ0n) is 11.7. The highest BCUT2D eigenvalue weighted by Crippen LogP contribution is 2.14. The minimum atomic E-state index is -3.44. The van der Waals surface area contributed by atoms with Gasteiger partial charge in [-0.25, -0.2) is 0 Å². The second-order valence-corrected chi connectivity index (χ2v) is 6.96. The molecule has 0 bridgehead atoms. The quantitative estimate of drug-likeness (QED) is 0.654. The van der Waals surface area contributed by atoms with Crippen molar-refractivity contribution in [1.82, 2.24) is 13.5 Å². The molecule has 2 rings (SSSR count). The monoisotopic (exact) mass is 306 g/mol. The van der Waals surface area contributed by atoms with E-state index < -0.39 is 16.3 Å². The van der Waals surface area contributed by atoms with Crippen molar-refractivity contribution in [2.45, 2.75) is 13.0 Å². The first-order valence-corrected chi connectivity index (χ1v) is 8.20. The summed E-state index contributed by atoms with van der Waals surface area (Å²) in [5.74, 6) is -0.131. The van der Waals surface area contributed by atoms with Gasteiger partial charge in [-0.05, 0) is 6.92 Å². The Kier molecular flexibility index (Phi) is 4.97. The van der Waals surface area contributed by atoms with Gasteiger partial charge in [0.05, 0.1) is 19.3 Å². The van der Waals surface area contributed by atoms with Crippen LogP contribution >= 0.6 is 0 Å². The molecule has 116 valence electrons. The molecule has 2 saturated heterocycles. The fraction of sp³-hybridized carbons (Fsp3) is 0.909. The average molecular weight is 306 g/mol. The summed E-state index contributed by atoms with van der Waals surface area (Å²) in [5, 5.41) is 0. The maximum Gasteiger partial charge on any atom is 0.282 e. The third-order valence-electron chi connectivity index (χ3n) is 3.56. The summed E-state index contributed by atoms with van der Waals surface area (Å²) in [6.07, 6.45) is 0. The van der Waals surface area contributed by atoms with Gasteiger partial charge < -0.3 is 15.4 Å². The van der Waals surface area contributed by atoms with Crippen LogP contribution in [0, 0.1) is 0 Å². The first-order chi connectivity index (χ1) is 9.43. The van der Waals surface area contributed by atoms with E-state index in [1.54, 1.807) is 11.8 Å². The van der Waals surface area contributed by atoms with E-state index in [2.05, 4.69) is 0 Å². The molecule has 1 atom stereocenters. The van der Waals surface area contributed by atoms with Gasteiger partial charge in [0.1, 0.15) is 0 Å². The van der Waals surface area contributed by atoms with E-state index in [4.69, 9.17) is 10.5 Å². The van der Waals surface area contributed by atoms with Gasteiger partial charge in [0.25, 0.3) is 10.2 Å². The second-order valence-electron chi connectivity index (χ2n) is 5.03. The van der Waals surface area contributed by atoms with Crippen LogP contribution in [0.4, 0.5) is 0 Å². The van der Waals surface area contributed by atoms with Crippen LogP contribution in [0.25, 0.3) is 0 Å². The van der Waals surface area contributed by atoms with E-state index in [0.717, 1.165) is 0 Å². The van der Waals surface area contributed by atoms with Crippen LogP contribution in [0.2, 0.25) is 0 Å². The lowest BCUT2D eigenvalue weighted by Gasteiger charge is -2.38. The lowest BCUT2D eigenvalue weighted by Crippen LogP contribution is -2.57. The van der Waals surface area contributed by atoms with Crippen LogP contribution in [0.3, 0.4) is 0 Å². The molecule has 9 heteroatoms. The predicted molar refractivity (Wildman–Crippen MR) is 73.1 cm³/mol. The van der Waals surface area contributed by atoms with Gasteiger partial charge in [0, 0.05) is 39.3 Å². The molecule has 2 heterocycles. The number of piperazine rings is 1. The van der Waals surface area contributed by atoms with E-state index in [1.165, 1.54) is 8.61 Å². The molecule has 0 aromatic carbocycles. The number of carbonyl (C=O) groups is 1. The number of hydrogen-bond donors (Lipinski definition) is 1. The molecule has 20 heavy (non-hydrogen) atoms. The summed E-state index contributed by atoms with van der Waals surface area (Å²) in [7, 11) is -3.44. The Morgan fingerprint density at radius 3 is 2.05 bits per heavy atom. The van der Waals surface area contributed by atoms with Crippen molar-refractivity contribution in [2.75, 3.05) is 52.5 Å². The van der Waals surface area contributed by atoms with E-state index in [1.807, 2.05) is 0 Å². The summed E-state index contributed by atoms with van der Waals surface area (Å²) in [5.41, 5.74) is 5.56. The van der Waals surface area contributed by atoms with Crippen LogP contribution in [0.1, 0.15) is 6.92 Å². The molecule has 0 unspecified atom stereocenters. The molecular weight excluding hydrogens is 284 g/mol. The summed E-state index contributed by atoms with van der Waals surface area (Å²) in [6, 6.07) is -0.544. The standard InChI is InChI=1S/C11H22N4O4S/c1-10(12)11(16)13-2-4-14(5-3-13)20(17,18)15-6-8-19-9-7-15/h10H,2-9,12H2,1H3/t10-/m1/s1. The molecule has 8 nitrogen and oxygen atoms in total. The Bertz CT molecular complexity index is 439. The predicted octanol–water partition coefficient (Wildman–Crippen LogP) is -1.95. The maximum absolute atomic E-state index is 12.4. The molecule has 0 spiro atoms. The number of carbonyl (C=O) groups excluding carboxylic acids is 1. The number of hydrogen-bond acceptors (Lipinski definition) is 5. The second kappa shape index (κ2) is 6.35. The molecule has 2 aliphatic rings. The van der Waals surface area contributed by atoms with E-state index in [9.17, 15) is 13.2 Å². The smallest absolute Gasteiger partial charge is 0.282 e. The van der Waals surface area contributed by atoms with Gasteiger partial charge >= 0.3 is 0 Å². The van der Waals surface area contributed by atoms with Gasteiger partial charge in [0.2, 0.25) is 5.91 Å². The van der Waals surface area contributed by atoms with Crippen molar-refractivity contribution in [3.63, 3.8) is 0 Å². The summed E-state index contributed by atoms with van der Waals surface area (Å²) in [6.45, 7) is 4.71. The fourth-order valence-electron chi connectivity index (χ4n) is 2.37. The maximum atomic E-state index is 12.4. The third-order valence-corrected chi connectivity index (χ3v) is 5.60. The van der Waals surface area contributed by atoms with Gasteiger partial charge in [0.15, 0.2) is 0 Å². The lowest BCUT2D eigenvalue weighted by atomic mass is 10.2. The van der Waals surface area contributed by atoms with Crippen molar-refractivity contribution in [3.05, 3.63) is 0 Å². The fourth-order valence-corrected chi connectivity index (χ4v) is 3.93. The van der Waals surface area contributed by atoms with Gasteiger partial charge in [-0.1, -0.05) is 0 Å². The SMILES string of the molecule is C[C@@H](N)C(=O)N1CCN(S(=O)(=O)N2CCOCC2)CC1. The van der Waals surface area contributed by atoms with Crippen LogP contribution in [0.5, 0.6) is 0 Å². The lowest BCUT2D eigenvalue weighted by molar-refractivity contribution is -0.133. The molecule has 2 aliphatic heterocycles. The van der Waals surface area contributed by atoms with Crippen molar-refractivity contribution < 1.29 is 17.9 Å². The highest BCUT2D eigenvalue weighted by atomic mass is 32.2. The molecule has 0 saturated carbocycles. The van der Waals surface area contributed by atoms with E-state index >= 15 is 0 Å². The minimum absolute atomic E-state index is 0.131. The summed E-state index contributed by atoms with van der Waals surface area (Å²) < 4.78 is 32.9. The zero-order valence-corrected chi connectivity index (χ0v) is 12.5. The van der Waals surface area contributed by atoms with Crippen molar-refractivity contribution in [2.24, 2.45) is 5.73 Å². The summed E-state index contributed by atoms with van der Waals surface area (Å²) in [4.78, 5) is 13.4. The Balaban J connectivity index is 1.94. The number of ether oxygens (including phenoxy) is 1. The molecule has 0 aliphatic carbocycles. The number of rotatable bonds is 3. The largest absolute Gasteiger partial charge is 0.379 e. The van der Waals surface area contributed by atoms with Crippen molar-refractivity contribution >= 4 is 16.1 Å². The zero-order chi connectivity index (χ0) is 14.8. The third kappa shape index (κ3) is 3.29. The molecule has 2 fully saturated rings. The highest BCUT2D eigenvalue weighted by molar-refractivity contribution is 7.86. The molecule has 2 N–H and O–H groups in total.